The van der Waals surface area contributed by atoms with Gasteiger partial charge >= 0.3 is 0 Å². The van der Waals surface area contributed by atoms with Crippen LogP contribution in [0, 0.1) is 0 Å². The highest BCUT2D eigenvalue weighted by Gasteiger charge is 2.12. The number of hydrogen-bond donors (Lipinski definition) is 3. The summed E-state index contributed by atoms with van der Waals surface area (Å²) in [5, 5.41) is 2.62. The van der Waals surface area contributed by atoms with Crippen LogP contribution >= 0.6 is 11.8 Å². The third-order valence-corrected chi connectivity index (χ3v) is 3.45. The first-order valence-electron chi connectivity index (χ1n) is 6.02. The fourth-order valence-corrected chi connectivity index (χ4v) is 2.28. The van der Waals surface area contributed by atoms with Crippen molar-refractivity contribution in [3.8, 4) is 0 Å². The van der Waals surface area contributed by atoms with Gasteiger partial charge in [0.1, 0.15) is 0 Å². The van der Waals surface area contributed by atoms with Crippen LogP contribution in [0.1, 0.15) is 10.4 Å². The predicted molar refractivity (Wildman–Crippen MR) is 80.5 cm³/mol. The molecule has 110 valence electrons. The number of nitrogens with two attached hydrogens (primary N) is 1. The Labute approximate surface area is 124 Å². The van der Waals surface area contributed by atoms with Crippen LogP contribution in [0.3, 0.4) is 0 Å². The maximum Gasteiger partial charge on any atom is 0.288 e. The summed E-state index contributed by atoms with van der Waals surface area (Å²) >= 11 is 0.394. The lowest BCUT2D eigenvalue weighted by molar-refractivity contribution is 0.102. The first-order valence-corrected chi connectivity index (χ1v) is 6.90. The Morgan fingerprint density at radius 1 is 1.10 bits per heavy atom. The Balaban J connectivity index is 2.15. The molecule has 0 bridgehead atoms. The van der Waals surface area contributed by atoms with Gasteiger partial charge in [-0.25, -0.2) is 0 Å². The van der Waals surface area contributed by atoms with Gasteiger partial charge in [-0.05, 0) is 36.4 Å². The van der Waals surface area contributed by atoms with Crippen molar-refractivity contribution in [1.82, 2.24) is 0 Å². The molecule has 0 aliphatic rings. The third-order valence-electron chi connectivity index (χ3n) is 2.67. The Morgan fingerprint density at radius 3 is 2.38 bits per heavy atom. The zero-order valence-electron chi connectivity index (χ0n) is 10.8. The molecular weight excluding hydrogens is 296 g/mol. The molecule has 0 saturated carbocycles. The Hall–Kier alpha value is -2.12. The number of nitrogens with one attached hydrogen (secondary N) is 2. The van der Waals surface area contributed by atoms with E-state index in [0.717, 1.165) is 0 Å². The molecule has 0 saturated heterocycles. The number of amides is 1. The average molecular weight is 309 g/mol. The monoisotopic (exact) mass is 309 g/mol. The lowest BCUT2D eigenvalue weighted by Crippen LogP contribution is -2.13. The fraction of sp³-hybridized carbons (Fsp3) is 0.0714. The molecule has 2 aromatic carbocycles. The van der Waals surface area contributed by atoms with Crippen LogP contribution in [0.15, 0.2) is 53.4 Å². The van der Waals surface area contributed by atoms with Crippen LogP contribution in [-0.4, -0.2) is 11.7 Å². The van der Waals surface area contributed by atoms with E-state index >= 15 is 0 Å². The number of rotatable bonds is 5. The van der Waals surface area contributed by atoms with E-state index in [4.69, 9.17) is 5.84 Å². The van der Waals surface area contributed by atoms with Gasteiger partial charge in [0, 0.05) is 16.1 Å². The van der Waals surface area contributed by atoms with Gasteiger partial charge in [-0.15, -0.1) is 0 Å². The molecule has 0 aromatic heterocycles. The molecule has 0 aliphatic heterocycles. The lowest BCUT2D eigenvalue weighted by atomic mass is 10.2. The standard InChI is InChI=1S/C14H13F2N3OS/c15-14(16)21-12-4-2-1-3-11(12)18-13(20)9-5-7-10(19-17)8-6-9/h1-8,14,19H,17H2,(H,18,20). The van der Waals surface area contributed by atoms with Crippen molar-refractivity contribution in [1.29, 1.82) is 0 Å². The van der Waals surface area contributed by atoms with Gasteiger partial charge in [-0.3, -0.25) is 10.6 Å². The quantitative estimate of drug-likeness (QED) is 0.449. The van der Waals surface area contributed by atoms with E-state index < -0.39 is 5.76 Å². The highest BCUT2D eigenvalue weighted by Crippen LogP contribution is 2.31. The summed E-state index contributed by atoms with van der Waals surface area (Å²) in [6.45, 7) is 0. The van der Waals surface area contributed by atoms with Gasteiger partial charge < -0.3 is 10.7 Å². The number of nitrogen functional groups attached to an aromatic ring is 1. The molecule has 0 atom stereocenters. The molecule has 0 fully saturated rings. The van der Waals surface area contributed by atoms with Crippen molar-refractivity contribution in [3.05, 3.63) is 54.1 Å². The minimum absolute atomic E-state index is 0.320. The largest absolute Gasteiger partial charge is 0.324 e. The highest BCUT2D eigenvalue weighted by atomic mass is 32.2. The Morgan fingerprint density at radius 2 is 1.76 bits per heavy atom. The molecule has 2 aromatic rings. The van der Waals surface area contributed by atoms with Crippen LogP contribution < -0.4 is 16.6 Å². The molecule has 7 heteroatoms. The van der Waals surface area contributed by atoms with Gasteiger partial charge in [-0.1, -0.05) is 23.9 Å². The summed E-state index contributed by atoms with van der Waals surface area (Å²) in [5.41, 5.74) is 3.89. The number of anilines is 2. The van der Waals surface area contributed by atoms with E-state index in [-0.39, 0.29) is 5.91 Å². The molecule has 0 heterocycles. The molecule has 4 N–H and O–H groups in total. The highest BCUT2D eigenvalue weighted by molar-refractivity contribution is 7.99. The normalized spacial score (nSPS) is 10.5. The van der Waals surface area contributed by atoms with E-state index in [1.54, 1.807) is 42.5 Å². The minimum atomic E-state index is -2.54. The van der Waals surface area contributed by atoms with Gasteiger partial charge in [0.05, 0.1) is 5.69 Å². The van der Waals surface area contributed by atoms with E-state index in [1.807, 2.05) is 0 Å². The summed E-state index contributed by atoms with van der Waals surface area (Å²) in [4.78, 5) is 12.4. The van der Waals surface area contributed by atoms with Gasteiger partial charge in [0.15, 0.2) is 0 Å². The molecule has 0 aliphatic carbocycles. The average Bonchev–Trinajstić information content (AvgIpc) is 2.49. The number of benzene rings is 2. The van der Waals surface area contributed by atoms with Crippen molar-refractivity contribution >= 4 is 29.0 Å². The van der Waals surface area contributed by atoms with Gasteiger partial charge in [0.25, 0.3) is 11.7 Å². The van der Waals surface area contributed by atoms with E-state index in [0.29, 0.717) is 33.6 Å². The van der Waals surface area contributed by atoms with Crippen LogP contribution in [0.4, 0.5) is 20.2 Å². The second-order valence-electron chi connectivity index (χ2n) is 4.05. The second kappa shape index (κ2) is 7.05. The maximum atomic E-state index is 12.5. The minimum Gasteiger partial charge on any atom is -0.324 e. The molecule has 2 rings (SSSR count). The number of carbonyl (C=O) groups excluding carboxylic acids is 1. The molecule has 0 radical (unpaired) electrons. The first kappa shape index (κ1) is 15.3. The molecule has 1 amide bonds. The Kier molecular flexibility index (Phi) is 5.13. The number of alkyl halides is 2. The van der Waals surface area contributed by atoms with E-state index in [2.05, 4.69) is 10.7 Å². The zero-order valence-corrected chi connectivity index (χ0v) is 11.7. The van der Waals surface area contributed by atoms with Crippen LogP contribution in [-0.2, 0) is 0 Å². The van der Waals surface area contributed by atoms with Crippen molar-refractivity contribution < 1.29 is 13.6 Å². The number of hydrazine groups is 1. The van der Waals surface area contributed by atoms with Crippen molar-refractivity contribution in [2.45, 2.75) is 10.7 Å². The SMILES string of the molecule is NNc1ccc(C(=O)Nc2ccccc2SC(F)F)cc1. The molecule has 4 nitrogen and oxygen atoms in total. The topological polar surface area (TPSA) is 67.1 Å². The van der Waals surface area contributed by atoms with Gasteiger partial charge in [0.2, 0.25) is 0 Å². The second-order valence-corrected chi connectivity index (χ2v) is 5.08. The smallest absolute Gasteiger partial charge is 0.288 e. The van der Waals surface area contributed by atoms with Crippen molar-refractivity contribution in [2.75, 3.05) is 10.7 Å². The van der Waals surface area contributed by atoms with Crippen molar-refractivity contribution in [2.24, 2.45) is 5.84 Å². The number of carbonyl (C=O) groups is 1. The summed E-state index contributed by atoms with van der Waals surface area (Å²) in [6.07, 6.45) is 0. The third kappa shape index (κ3) is 4.17. The fourth-order valence-electron chi connectivity index (χ4n) is 1.68. The number of hydrogen-bond acceptors (Lipinski definition) is 4. The first-order chi connectivity index (χ1) is 10.1. The maximum absolute atomic E-state index is 12.5. The number of halogens is 2. The molecule has 0 spiro atoms. The summed E-state index contributed by atoms with van der Waals surface area (Å²) in [7, 11) is 0. The predicted octanol–water partition coefficient (Wildman–Crippen LogP) is 3.54. The lowest BCUT2D eigenvalue weighted by Gasteiger charge is -2.10. The van der Waals surface area contributed by atoms with Crippen LogP contribution in [0.2, 0.25) is 0 Å². The molecular formula is C14H13F2N3OS. The molecule has 21 heavy (non-hydrogen) atoms. The number of thioether (sulfide) groups is 1. The van der Waals surface area contributed by atoms with Crippen LogP contribution in [0.25, 0.3) is 0 Å². The summed E-state index contributed by atoms with van der Waals surface area (Å²) in [6, 6.07) is 12.9. The van der Waals surface area contributed by atoms with Crippen LogP contribution in [0.5, 0.6) is 0 Å². The van der Waals surface area contributed by atoms with E-state index in [1.165, 1.54) is 6.07 Å². The number of para-hydroxylation sites is 1. The summed E-state index contributed by atoms with van der Waals surface area (Å²) < 4.78 is 25.0. The zero-order chi connectivity index (χ0) is 15.2. The van der Waals surface area contributed by atoms with Gasteiger partial charge in [-0.2, -0.15) is 8.78 Å². The van der Waals surface area contributed by atoms with E-state index in [9.17, 15) is 13.6 Å². The van der Waals surface area contributed by atoms with Crippen molar-refractivity contribution in [3.63, 3.8) is 0 Å². The summed E-state index contributed by atoms with van der Waals surface area (Å²) in [5.74, 6) is 2.32. The Bertz CT molecular complexity index is 620. The molecule has 0 unspecified atom stereocenters.